The second-order valence-electron chi connectivity index (χ2n) is 4.61. The first-order valence-electron chi connectivity index (χ1n) is 6.51. The summed E-state index contributed by atoms with van der Waals surface area (Å²) in [6.45, 7) is 3.11. The van der Waals surface area contributed by atoms with Gasteiger partial charge in [-0.25, -0.2) is 4.79 Å². The number of hydrogen-bond donors (Lipinski definition) is 1. The smallest absolute Gasteiger partial charge is 0.327 e. The van der Waals surface area contributed by atoms with Gasteiger partial charge in [0.2, 0.25) is 0 Å². The lowest BCUT2D eigenvalue weighted by Gasteiger charge is -2.32. The predicted octanol–water partition coefficient (Wildman–Crippen LogP) is 0.557. The molecule has 3 unspecified atom stereocenters. The maximum Gasteiger partial charge on any atom is 0.327 e. The molecule has 0 bridgehead atoms. The molecule has 2 saturated heterocycles. The van der Waals surface area contributed by atoms with E-state index in [1.807, 2.05) is 6.92 Å². The van der Waals surface area contributed by atoms with Crippen molar-refractivity contribution in [1.29, 1.82) is 0 Å². The van der Waals surface area contributed by atoms with E-state index in [1.54, 1.807) is 0 Å². The van der Waals surface area contributed by atoms with Gasteiger partial charge in [0.15, 0.2) is 6.10 Å². The molecule has 0 aliphatic carbocycles. The van der Waals surface area contributed by atoms with Crippen molar-refractivity contribution >= 4 is 23.6 Å². The van der Waals surface area contributed by atoms with Crippen LogP contribution in [0.15, 0.2) is 0 Å². The highest BCUT2D eigenvalue weighted by molar-refractivity contribution is 8.00. The fourth-order valence-electron chi connectivity index (χ4n) is 2.32. The van der Waals surface area contributed by atoms with Gasteiger partial charge in [0.25, 0.3) is 5.91 Å². The summed E-state index contributed by atoms with van der Waals surface area (Å²) >= 11 is 1.53. The van der Waals surface area contributed by atoms with Gasteiger partial charge in [-0.1, -0.05) is 13.3 Å². The maximum atomic E-state index is 12.4. The first-order valence-corrected chi connectivity index (χ1v) is 7.56. The number of rotatable bonds is 4. The summed E-state index contributed by atoms with van der Waals surface area (Å²) in [6.07, 6.45) is 1.05. The van der Waals surface area contributed by atoms with Gasteiger partial charge in [0.1, 0.15) is 6.04 Å². The molecule has 2 rings (SSSR count). The number of aliphatic carboxylic acids is 1. The summed E-state index contributed by atoms with van der Waals surface area (Å²) in [5, 5.41) is 9.17. The number of carbonyl (C=O) groups excluding carboxylic acids is 1. The zero-order valence-corrected chi connectivity index (χ0v) is 11.7. The summed E-state index contributed by atoms with van der Waals surface area (Å²) in [6, 6.07) is -0.750. The Morgan fingerprint density at radius 3 is 2.79 bits per heavy atom. The topological polar surface area (TPSA) is 76.1 Å². The highest BCUT2D eigenvalue weighted by Gasteiger charge is 2.43. The van der Waals surface area contributed by atoms with Crippen LogP contribution in [0.25, 0.3) is 0 Å². The second kappa shape index (κ2) is 6.58. The number of nitrogens with zero attached hydrogens (tertiary/aromatic N) is 1. The average Bonchev–Trinajstić information content (AvgIpc) is 2.83. The number of amides is 1. The number of ether oxygens (including phenoxy) is 2. The average molecular weight is 289 g/mol. The van der Waals surface area contributed by atoms with Crippen LogP contribution in [0.1, 0.15) is 19.8 Å². The molecule has 1 amide bonds. The van der Waals surface area contributed by atoms with E-state index in [1.165, 1.54) is 16.7 Å². The molecule has 0 saturated carbocycles. The molecule has 2 fully saturated rings. The van der Waals surface area contributed by atoms with Gasteiger partial charge in [-0.2, -0.15) is 0 Å². The number of thioether (sulfide) groups is 1. The Hall–Kier alpha value is -0.790. The molecule has 0 aromatic rings. The third kappa shape index (κ3) is 3.21. The summed E-state index contributed by atoms with van der Waals surface area (Å²) in [4.78, 5) is 25.2. The van der Waals surface area contributed by atoms with Crippen molar-refractivity contribution in [2.24, 2.45) is 0 Å². The van der Waals surface area contributed by atoms with Crippen LogP contribution in [0.2, 0.25) is 0 Å². The molecule has 0 radical (unpaired) electrons. The van der Waals surface area contributed by atoms with E-state index in [4.69, 9.17) is 9.47 Å². The Kier molecular flexibility index (Phi) is 5.06. The van der Waals surface area contributed by atoms with E-state index in [2.05, 4.69) is 0 Å². The Labute approximate surface area is 116 Å². The standard InChI is InChI=1S/C12H19NO5S/c1-2-3-10-13(8(7-19-10)12(15)16)11(14)9-6-17-4-5-18-9/h8-10H,2-7H2,1H3,(H,15,16). The lowest BCUT2D eigenvalue weighted by molar-refractivity contribution is -0.165. The van der Waals surface area contributed by atoms with Crippen LogP contribution in [0, 0.1) is 0 Å². The van der Waals surface area contributed by atoms with Gasteiger partial charge in [-0.3, -0.25) is 4.79 Å². The summed E-state index contributed by atoms with van der Waals surface area (Å²) in [5.74, 6) is -0.758. The molecule has 1 N–H and O–H groups in total. The molecule has 6 nitrogen and oxygen atoms in total. The second-order valence-corrected chi connectivity index (χ2v) is 5.82. The normalized spacial score (nSPS) is 31.4. The molecule has 7 heteroatoms. The molecule has 2 aliphatic rings. The molecule has 2 aliphatic heterocycles. The van der Waals surface area contributed by atoms with Crippen LogP contribution >= 0.6 is 11.8 Å². The summed E-state index contributed by atoms with van der Waals surface area (Å²) in [5.41, 5.74) is 0. The van der Waals surface area contributed by atoms with Gasteiger partial charge in [-0.05, 0) is 6.42 Å². The molecular weight excluding hydrogens is 270 g/mol. The molecule has 0 spiro atoms. The van der Waals surface area contributed by atoms with Crippen LogP contribution in [0.3, 0.4) is 0 Å². The zero-order chi connectivity index (χ0) is 13.8. The zero-order valence-electron chi connectivity index (χ0n) is 10.9. The van der Waals surface area contributed by atoms with Gasteiger partial charge >= 0.3 is 5.97 Å². The Morgan fingerprint density at radius 2 is 2.21 bits per heavy atom. The first kappa shape index (κ1) is 14.6. The minimum absolute atomic E-state index is 0.0656. The number of carbonyl (C=O) groups is 2. The van der Waals surface area contributed by atoms with E-state index < -0.39 is 18.1 Å². The van der Waals surface area contributed by atoms with Crippen molar-refractivity contribution in [3.8, 4) is 0 Å². The molecule has 0 aromatic heterocycles. The fourth-order valence-corrected chi connectivity index (χ4v) is 3.84. The number of carboxylic acids is 1. The van der Waals surface area contributed by atoms with Crippen LogP contribution in [0.4, 0.5) is 0 Å². The molecule has 108 valence electrons. The van der Waals surface area contributed by atoms with Gasteiger partial charge in [0, 0.05) is 5.75 Å². The highest BCUT2D eigenvalue weighted by Crippen LogP contribution is 2.33. The van der Waals surface area contributed by atoms with Gasteiger partial charge < -0.3 is 19.5 Å². The molecule has 19 heavy (non-hydrogen) atoms. The Balaban J connectivity index is 2.10. The summed E-state index contributed by atoms with van der Waals surface area (Å²) < 4.78 is 10.6. The highest BCUT2D eigenvalue weighted by atomic mass is 32.2. The van der Waals surface area contributed by atoms with E-state index in [0.29, 0.717) is 19.0 Å². The lowest BCUT2D eigenvalue weighted by Crippen LogP contribution is -2.52. The minimum atomic E-state index is -0.948. The Bertz CT molecular complexity index is 345. The lowest BCUT2D eigenvalue weighted by atomic mass is 10.2. The van der Waals surface area contributed by atoms with Crippen molar-refractivity contribution in [2.75, 3.05) is 25.6 Å². The Morgan fingerprint density at radius 1 is 1.42 bits per heavy atom. The molecule has 0 aromatic carbocycles. The van der Waals surface area contributed by atoms with Crippen LogP contribution < -0.4 is 0 Å². The van der Waals surface area contributed by atoms with Crippen LogP contribution in [-0.4, -0.2) is 65.0 Å². The van der Waals surface area contributed by atoms with Crippen LogP contribution in [-0.2, 0) is 19.1 Å². The third-order valence-corrected chi connectivity index (χ3v) is 4.61. The van der Waals surface area contributed by atoms with Crippen molar-refractivity contribution in [3.05, 3.63) is 0 Å². The number of carboxylic acid groups (broad SMARTS) is 1. The maximum absolute atomic E-state index is 12.4. The van der Waals surface area contributed by atoms with Crippen molar-refractivity contribution in [1.82, 2.24) is 4.90 Å². The van der Waals surface area contributed by atoms with E-state index in [0.717, 1.165) is 12.8 Å². The quantitative estimate of drug-likeness (QED) is 0.815. The van der Waals surface area contributed by atoms with Gasteiger partial charge in [0.05, 0.1) is 25.2 Å². The predicted molar refractivity (Wildman–Crippen MR) is 70.0 cm³/mol. The third-order valence-electron chi connectivity index (χ3n) is 3.26. The number of hydrogen-bond acceptors (Lipinski definition) is 5. The largest absolute Gasteiger partial charge is 0.480 e. The molecule has 2 heterocycles. The molecule has 3 atom stereocenters. The van der Waals surface area contributed by atoms with Gasteiger partial charge in [-0.15, -0.1) is 11.8 Å². The first-order chi connectivity index (χ1) is 9.15. The van der Waals surface area contributed by atoms with Crippen LogP contribution in [0.5, 0.6) is 0 Å². The monoisotopic (exact) mass is 289 g/mol. The fraction of sp³-hybridized carbons (Fsp3) is 0.833. The molecular formula is C12H19NO5S. The van der Waals surface area contributed by atoms with E-state index in [9.17, 15) is 14.7 Å². The van der Waals surface area contributed by atoms with E-state index >= 15 is 0 Å². The SMILES string of the molecule is CCCC1SCC(C(=O)O)N1C(=O)C1COCCO1. The van der Waals surface area contributed by atoms with Crippen molar-refractivity contribution in [2.45, 2.75) is 37.3 Å². The van der Waals surface area contributed by atoms with E-state index in [-0.39, 0.29) is 17.9 Å². The summed E-state index contributed by atoms with van der Waals surface area (Å²) in [7, 11) is 0. The van der Waals surface area contributed by atoms with Crippen molar-refractivity contribution < 1.29 is 24.2 Å². The van der Waals surface area contributed by atoms with Crippen molar-refractivity contribution in [3.63, 3.8) is 0 Å². The minimum Gasteiger partial charge on any atom is -0.480 e.